The molecule has 1 aliphatic rings. The first kappa shape index (κ1) is 21.3. The summed E-state index contributed by atoms with van der Waals surface area (Å²) in [6.07, 6.45) is 2.69. The minimum absolute atomic E-state index is 0. The maximum atomic E-state index is 12.4. The van der Waals surface area contributed by atoms with Crippen molar-refractivity contribution in [3.63, 3.8) is 0 Å². The molecule has 1 atom stereocenters. The van der Waals surface area contributed by atoms with Gasteiger partial charge in [-0.1, -0.05) is 6.92 Å². The van der Waals surface area contributed by atoms with Gasteiger partial charge in [-0.3, -0.25) is 9.59 Å². The van der Waals surface area contributed by atoms with Gasteiger partial charge in [-0.2, -0.15) is 0 Å². The summed E-state index contributed by atoms with van der Waals surface area (Å²) < 4.78 is 5.15. The average Bonchev–Trinajstić information content (AvgIpc) is 2.62. The molecule has 25 heavy (non-hydrogen) atoms. The molecule has 3 N–H and O–H groups in total. The van der Waals surface area contributed by atoms with E-state index in [9.17, 15) is 9.59 Å². The number of hydrogen-bond acceptors (Lipinski definition) is 4. The fourth-order valence-corrected chi connectivity index (χ4v) is 3.16. The van der Waals surface area contributed by atoms with Crippen molar-refractivity contribution < 1.29 is 14.3 Å². The van der Waals surface area contributed by atoms with Crippen molar-refractivity contribution in [2.24, 2.45) is 11.8 Å². The molecule has 7 heteroatoms. The second kappa shape index (κ2) is 10.3. The average molecular weight is 370 g/mol. The van der Waals surface area contributed by atoms with E-state index in [1.165, 1.54) is 0 Å². The van der Waals surface area contributed by atoms with Gasteiger partial charge in [0.15, 0.2) is 0 Å². The van der Waals surface area contributed by atoms with E-state index in [1.807, 2.05) is 0 Å². The van der Waals surface area contributed by atoms with Crippen LogP contribution in [0.5, 0.6) is 5.75 Å². The van der Waals surface area contributed by atoms with Crippen molar-refractivity contribution in [3.05, 3.63) is 23.8 Å². The number of piperidine rings is 1. The molecular formula is C18H28ClN3O3. The largest absolute Gasteiger partial charge is 0.497 e. The molecule has 1 heterocycles. The third kappa shape index (κ3) is 5.90. The number of hydrogen-bond donors (Lipinski definition) is 3. The van der Waals surface area contributed by atoms with Crippen molar-refractivity contribution in [3.8, 4) is 5.75 Å². The Bertz CT molecular complexity index is 589. The van der Waals surface area contributed by atoms with Gasteiger partial charge in [0.1, 0.15) is 5.75 Å². The number of amides is 2. The zero-order valence-corrected chi connectivity index (χ0v) is 15.9. The van der Waals surface area contributed by atoms with Gasteiger partial charge in [0.2, 0.25) is 5.91 Å². The summed E-state index contributed by atoms with van der Waals surface area (Å²) in [7, 11) is 3.11. The normalized spacial score (nSPS) is 15.6. The minimum atomic E-state index is -0.254. The van der Waals surface area contributed by atoms with Crippen LogP contribution in [0.25, 0.3) is 0 Å². The van der Waals surface area contributed by atoms with Gasteiger partial charge in [-0.25, -0.2) is 0 Å². The van der Waals surface area contributed by atoms with Crippen LogP contribution in [0.3, 0.4) is 0 Å². The number of carbonyl (C=O) groups is 2. The molecule has 0 bridgehead atoms. The summed E-state index contributed by atoms with van der Waals surface area (Å²) in [6, 6.07) is 5.07. The third-order valence-corrected chi connectivity index (χ3v) is 4.67. The molecule has 0 saturated carbocycles. The van der Waals surface area contributed by atoms with E-state index in [-0.39, 0.29) is 24.2 Å². The van der Waals surface area contributed by atoms with Gasteiger partial charge in [0, 0.05) is 13.5 Å². The van der Waals surface area contributed by atoms with Gasteiger partial charge >= 0.3 is 0 Å². The summed E-state index contributed by atoms with van der Waals surface area (Å²) in [5.41, 5.74) is 0.914. The van der Waals surface area contributed by atoms with Gasteiger partial charge in [0.25, 0.3) is 5.91 Å². The number of anilines is 1. The van der Waals surface area contributed by atoms with Crippen molar-refractivity contribution in [1.82, 2.24) is 10.6 Å². The smallest absolute Gasteiger partial charge is 0.253 e. The molecule has 140 valence electrons. The van der Waals surface area contributed by atoms with Crippen molar-refractivity contribution in [2.75, 3.05) is 32.6 Å². The van der Waals surface area contributed by atoms with Crippen LogP contribution in [-0.2, 0) is 4.79 Å². The SMILES string of the molecule is CNC(=O)c1cc(OC)ccc1NC(=O)CC(C)C1CCNCC1.Cl. The van der Waals surface area contributed by atoms with Crippen molar-refractivity contribution in [1.29, 1.82) is 0 Å². The number of rotatable bonds is 6. The predicted molar refractivity (Wildman–Crippen MR) is 102 cm³/mol. The zero-order valence-electron chi connectivity index (χ0n) is 15.1. The van der Waals surface area contributed by atoms with Gasteiger partial charge < -0.3 is 20.7 Å². The molecule has 0 aromatic heterocycles. The molecular weight excluding hydrogens is 342 g/mol. The Morgan fingerprint density at radius 2 is 2.00 bits per heavy atom. The summed E-state index contributed by atoms with van der Waals surface area (Å²) in [5, 5.41) is 8.81. The molecule has 1 unspecified atom stereocenters. The highest BCUT2D eigenvalue weighted by Crippen LogP contribution is 2.26. The Labute approximate surface area is 155 Å². The molecule has 6 nitrogen and oxygen atoms in total. The highest BCUT2D eigenvalue weighted by molar-refractivity contribution is 6.04. The Hall–Kier alpha value is -1.79. The van der Waals surface area contributed by atoms with Crippen LogP contribution >= 0.6 is 12.4 Å². The second-order valence-corrected chi connectivity index (χ2v) is 6.31. The van der Waals surface area contributed by atoms with Gasteiger partial charge in [0.05, 0.1) is 18.4 Å². The quantitative estimate of drug-likeness (QED) is 0.719. The molecule has 1 aromatic rings. The van der Waals surface area contributed by atoms with Gasteiger partial charge in [-0.05, 0) is 56.0 Å². The first-order chi connectivity index (χ1) is 11.5. The van der Waals surface area contributed by atoms with E-state index in [0.29, 0.717) is 35.3 Å². The van der Waals surface area contributed by atoms with Crippen LogP contribution in [0.4, 0.5) is 5.69 Å². The topological polar surface area (TPSA) is 79.5 Å². The summed E-state index contributed by atoms with van der Waals surface area (Å²) in [4.78, 5) is 24.4. The van der Waals surface area contributed by atoms with Crippen LogP contribution in [0.1, 0.15) is 36.5 Å². The highest BCUT2D eigenvalue weighted by Gasteiger charge is 2.22. The van der Waals surface area contributed by atoms with Crippen LogP contribution in [-0.4, -0.2) is 39.1 Å². The highest BCUT2D eigenvalue weighted by atomic mass is 35.5. The number of nitrogens with one attached hydrogen (secondary N) is 3. The molecule has 2 amide bonds. The standard InChI is InChI=1S/C18H27N3O3.ClH/c1-12(13-6-8-20-9-7-13)10-17(22)21-16-5-4-14(24-3)11-15(16)18(23)19-2;/h4-5,11-13,20H,6-10H2,1-3H3,(H,19,23)(H,21,22);1H. The lowest BCUT2D eigenvalue weighted by Gasteiger charge is -2.28. The first-order valence-corrected chi connectivity index (χ1v) is 8.45. The van der Waals surface area contributed by atoms with E-state index in [0.717, 1.165) is 25.9 Å². The maximum absolute atomic E-state index is 12.4. The van der Waals surface area contributed by atoms with Crippen LogP contribution in [0, 0.1) is 11.8 Å². The number of halogens is 1. The van der Waals surface area contributed by atoms with Crippen LogP contribution in [0.2, 0.25) is 0 Å². The lowest BCUT2D eigenvalue weighted by Crippen LogP contribution is -2.32. The fourth-order valence-electron chi connectivity index (χ4n) is 3.16. The molecule has 1 aliphatic heterocycles. The van der Waals surface area contributed by atoms with Gasteiger partial charge in [-0.15, -0.1) is 12.4 Å². The van der Waals surface area contributed by atoms with E-state index < -0.39 is 0 Å². The molecule has 2 rings (SSSR count). The molecule has 1 fully saturated rings. The maximum Gasteiger partial charge on any atom is 0.253 e. The van der Waals surface area contributed by atoms with E-state index in [1.54, 1.807) is 32.4 Å². The molecule has 1 saturated heterocycles. The Morgan fingerprint density at radius 1 is 1.32 bits per heavy atom. The van der Waals surface area contributed by atoms with E-state index in [2.05, 4.69) is 22.9 Å². The number of benzene rings is 1. The Kier molecular flexibility index (Phi) is 8.72. The third-order valence-electron chi connectivity index (χ3n) is 4.67. The number of methoxy groups -OCH3 is 1. The van der Waals surface area contributed by atoms with Crippen molar-refractivity contribution >= 4 is 29.9 Å². The lowest BCUT2D eigenvalue weighted by atomic mass is 9.84. The molecule has 0 radical (unpaired) electrons. The minimum Gasteiger partial charge on any atom is -0.497 e. The van der Waals surface area contributed by atoms with E-state index >= 15 is 0 Å². The van der Waals surface area contributed by atoms with Crippen LogP contribution < -0.4 is 20.7 Å². The summed E-state index contributed by atoms with van der Waals surface area (Å²) in [6.45, 7) is 4.18. The fraction of sp³-hybridized carbons (Fsp3) is 0.556. The summed E-state index contributed by atoms with van der Waals surface area (Å²) >= 11 is 0. The van der Waals surface area contributed by atoms with Crippen LogP contribution in [0.15, 0.2) is 18.2 Å². The zero-order chi connectivity index (χ0) is 17.5. The number of carbonyl (C=O) groups excluding carboxylic acids is 2. The van der Waals surface area contributed by atoms with E-state index in [4.69, 9.17) is 4.74 Å². The lowest BCUT2D eigenvalue weighted by molar-refractivity contribution is -0.117. The summed E-state index contributed by atoms with van der Waals surface area (Å²) in [5.74, 6) is 1.17. The Balaban J connectivity index is 0.00000312. The van der Waals surface area contributed by atoms with Crippen molar-refractivity contribution in [2.45, 2.75) is 26.2 Å². The molecule has 0 aliphatic carbocycles. The number of ether oxygens (including phenoxy) is 1. The predicted octanol–water partition coefficient (Wildman–Crippen LogP) is 2.44. The monoisotopic (exact) mass is 369 g/mol. The second-order valence-electron chi connectivity index (χ2n) is 6.31. The molecule has 0 spiro atoms. The first-order valence-electron chi connectivity index (χ1n) is 8.45. The Morgan fingerprint density at radius 3 is 2.60 bits per heavy atom. The molecule has 1 aromatic carbocycles.